The van der Waals surface area contributed by atoms with E-state index in [9.17, 15) is 19.5 Å². The molecule has 5 heterocycles. The number of carbonyl (C=O) groups is 3. The van der Waals surface area contributed by atoms with Crippen LogP contribution in [0.1, 0.15) is 5.69 Å². The lowest BCUT2D eigenvalue weighted by Gasteiger charge is -2.50. The second-order valence-corrected chi connectivity index (χ2v) is 9.99. The molecule has 3 aromatic rings. The molecule has 0 aliphatic carbocycles. The SMILES string of the molecule is CON=C(C(=O)NC1C(=O)N2C(C(=O)[O-])=C(C[n+]3cccc4ccsc43)CS[C@@H]12)c1cccc(N)n1. The lowest BCUT2D eigenvalue weighted by Crippen LogP contribution is -2.71. The molecular weight excluding hydrogens is 504 g/mol. The number of nitrogens with one attached hydrogen (secondary N) is 1. The standard InChI is InChI=1S/C23H20N6O5S2/c1-34-27-16(14-5-2-6-15(24)25-14)19(30)26-17-20(31)29-18(23(32)33)13(11-36-22(17)29)10-28-8-3-4-12-7-9-35-21(12)28/h2-9,17,22H,10-11H2,1H3,(H3-,24,25,26,30,32,33)/t17?,22-/m0/s1. The van der Waals surface area contributed by atoms with Crippen LogP contribution in [-0.4, -0.2) is 57.7 Å². The zero-order chi connectivity index (χ0) is 25.4. The minimum Gasteiger partial charge on any atom is -0.543 e. The van der Waals surface area contributed by atoms with Gasteiger partial charge in [0.25, 0.3) is 16.6 Å². The minimum absolute atomic E-state index is 0.154. The van der Waals surface area contributed by atoms with Crippen molar-refractivity contribution < 1.29 is 28.9 Å². The molecule has 1 saturated heterocycles. The monoisotopic (exact) mass is 524 g/mol. The van der Waals surface area contributed by atoms with Gasteiger partial charge in [0.05, 0.1) is 17.1 Å². The van der Waals surface area contributed by atoms with E-state index < -0.39 is 29.2 Å². The average molecular weight is 525 g/mol. The molecule has 2 aliphatic rings. The van der Waals surface area contributed by atoms with Crippen LogP contribution in [0.4, 0.5) is 5.82 Å². The third kappa shape index (κ3) is 4.16. The number of hydrogen-bond acceptors (Lipinski definition) is 10. The van der Waals surface area contributed by atoms with E-state index in [0.717, 1.165) is 10.2 Å². The number of hydrogen-bond donors (Lipinski definition) is 2. The van der Waals surface area contributed by atoms with E-state index in [-0.39, 0.29) is 22.9 Å². The van der Waals surface area contributed by atoms with Crippen molar-refractivity contribution in [1.29, 1.82) is 0 Å². The van der Waals surface area contributed by atoms with Gasteiger partial charge in [0.2, 0.25) is 0 Å². The Labute approximate surface area is 213 Å². The number of carbonyl (C=O) groups excluding carboxylic acids is 3. The van der Waals surface area contributed by atoms with Gasteiger partial charge in [0.1, 0.15) is 30.0 Å². The lowest BCUT2D eigenvalue weighted by molar-refractivity contribution is -0.661. The zero-order valence-electron chi connectivity index (χ0n) is 18.9. The summed E-state index contributed by atoms with van der Waals surface area (Å²) in [5.41, 5.74) is 6.13. The number of thiophene rings is 1. The number of anilines is 1. The number of fused-ring (bicyclic) bond motifs is 2. The van der Waals surface area contributed by atoms with Gasteiger partial charge in [0, 0.05) is 17.4 Å². The molecule has 2 aliphatic heterocycles. The summed E-state index contributed by atoms with van der Waals surface area (Å²) in [5, 5.41) is 20.9. The molecule has 3 aromatic heterocycles. The second kappa shape index (κ2) is 9.59. The summed E-state index contributed by atoms with van der Waals surface area (Å²) in [6.07, 6.45) is 1.87. The molecule has 0 saturated carbocycles. The smallest absolute Gasteiger partial charge is 0.276 e. The molecule has 0 aromatic carbocycles. The molecule has 11 nitrogen and oxygen atoms in total. The van der Waals surface area contributed by atoms with Gasteiger partial charge in [0.15, 0.2) is 18.5 Å². The fraction of sp³-hybridized carbons (Fsp3) is 0.217. The highest BCUT2D eigenvalue weighted by Crippen LogP contribution is 2.40. The maximum Gasteiger partial charge on any atom is 0.276 e. The fourth-order valence-corrected chi connectivity index (χ4v) is 6.41. The number of nitrogens with zero attached hydrogens (tertiary/aromatic N) is 4. The Bertz CT molecular complexity index is 1450. The summed E-state index contributed by atoms with van der Waals surface area (Å²) < 4.78 is 1.95. The maximum absolute atomic E-state index is 13.0. The summed E-state index contributed by atoms with van der Waals surface area (Å²) in [4.78, 5) is 49.2. The van der Waals surface area contributed by atoms with Crippen LogP contribution in [0.2, 0.25) is 0 Å². The van der Waals surface area contributed by atoms with E-state index in [1.54, 1.807) is 23.5 Å². The van der Waals surface area contributed by atoms with E-state index >= 15 is 0 Å². The number of aromatic nitrogens is 2. The van der Waals surface area contributed by atoms with Crippen LogP contribution in [-0.2, 0) is 25.8 Å². The number of nitrogen functional groups attached to an aromatic ring is 1. The fourth-order valence-electron chi connectivity index (χ4n) is 4.20. The first-order chi connectivity index (χ1) is 17.4. The molecule has 0 radical (unpaired) electrons. The summed E-state index contributed by atoms with van der Waals surface area (Å²) >= 11 is 2.92. The molecule has 5 rings (SSSR count). The van der Waals surface area contributed by atoms with Crippen LogP contribution in [0.25, 0.3) is 10.2 Å². The first kappa shape index (κ1) is 23.8. The van der Waals surface area contributed by atoms with E-state index in [1.807, 2.05) is 34.3 Å². The molecule has 0 spiro atoms. The molecule has 1 unspecified atom stereocenters. The van der Waals surface area contributed by atoms with Gasteiger partial charge in [-0.05, 0) is 29.6 Å². The Morgan fingerprint density at radius 3 is 2.92 bits per heavy atom. The highest BCUT2D eigenvalue weighted by molar-refractivity contribution is 8.00. The molecule has 1 fully saturated rings. The molecule has 3 N–H and O–H groups in total. The number of amides is 2. The predicted molar refractivity (Wildman–Crippen MR) is 131 cm³/mol. The third-order valence-corrected chi connectivity index (χ3v) is 8.08. The molecule has 184 valence electrons. The first-order valence-corrected chi connectivity index (χ1v) is 12.7. The number of aliphatic carboxylic acids is 1. The number of carboxylic acids is 1. The van der Waals surface area contributed by atoms with Crippen LogP contribution in [0.15, 0.2) is 64.4 Å². The molecule has 2 atom stereocenters. The van der Waals surface area contributed by atoms with E-state index in [2.05, 4.69) is 15.5 Å². The quantitative estimate of drug-likeness (QED) is 0.184. The van der Waals surface area contributed by atoms with Crippen LogP contribution in [0.5, 0.6) is 0 Å². The van der Waals surface area contributed by atoms with Gasteiger partial charge < -0.3 is 25.8 Å². The number of thioether (sulfide) groups is 1. The van der Waals surface area contributed by atoms with Crippen molar-refractivity contribution in [3.05, 3.63) is 64.9 Å². The Kier molecular flexibility index (Phi) is 6.33. The summed E-state index contributed by atoms with van der Waals surface area (Å²) in [5.74, 6) is -2.13. The lowest BCUT2D eigenvalue weighted by atomic mass is 10.0. The largest absolute Gasteiger partial charge is 0.543 e. The van der Waals surface area contributed by atoms with Crippen LogP contribution >= 0.6 is 23.1 Å². The van der Waals surface area contributed by atoms with Crippen molar-refractivity contribution in [3.63, 3.8) is 0 Å². The van der Waals surface area contributed by atoms with Crippen molar-refractivity contribution in [3.8, 4) is 0 Å². The molecule has 2 amide bonds. The van der Waals surface area contributed by atoms with Crippen LogP contribution in [0.3, 0.4) is 0 Å². The Morgan fingerprint density at radius 1 is 1.33 bits per heavy atom. The van der Waals surface area contributed by atoms with Gasteiger partial charge in [-0.1, -0.05) is 22.6 Å². The van der Waals surface area contributed by atoms with Gasteiger partial charge >= 0.3 is 0 Å². The van der Waals surface area contributed by atoms with Crippen molar-refractivity contribution in [1.82, 2.24) is 15.2 Å². The number of β-lactam (4-membered cyclic amide) rings is 1. The molecule has 13 heteroatoms. The van der Waals surface area contributed by atoms with E-state index in [1.165, 1.54) is 29.8 Å². The van der Waals surface area contributed by atoms with Gasteiger partial charge in [-0.2, -0.15) is 4.57 Å². The van der Waals surface area contributed by atoms with E-state index in [0.29, 0.717) is 17.9 Å². The normalized spacial score (nSPS) is 19.6. The maximum atomic E-state index is 13.0. The third-order valence-electron chi connectivity index (χ3n) is 5.78. The topological polar surface area (TPSA) is 154 Å². The first-order valence-electron chi connectivity index (χ1n) is 10.8. The second-order valence-electron chi connectivity index (χ2n) is 7.99. The van der Waals surface area contributed by atoms with Crippen molar-refractivity contribution >= 4 is 62.6 Å². The average Bonchev–Trinajstić information content (AvgIpc) is 3.35. The highest BCUT2D eigenvalue weighted by atomic mass is 32.2. The van der Waals surface area contributed by atoms with E-state index in [4.69, 9.17) is 10.6 Å². The van der Waals surface area contributed by atoms with Crippen LogP contribution < -0.4 is 20.7 Å². The Hall–Kier alpha value is -3.97. The number of pyridine rings is 2. The van der Waals surface area contributed by atoms with Gasteiger partial charge in [-0.3, -0.25) is 14.5 Å². The summed E-state index contributed by atoms with van der Waals surface area (Å²) in [6.45, 7) is 0.299. The number of carboxylic acid groups (broad SMARTS) is 1. The number of nitrogens with two attached hydrogens (primary N) is 1. The Morgan fingerprint density at radius 2 is 2.17 bits per heavy atom. The van der Waals surface area contributed by atoms with Crippen molar-refractivity contribution in [2.45, 2.75) is 18.0 Å². The van der Waals surface area contributed by atoms with Crippen LogP contribution in [0, 0.1) is 0 Å². The summed E-state index contributed by atoms with van der Waals surface area (Å²) in [6, 6.07) is 9.61. The number of rotatable bonds is 7. The van der Waals surface area contributed by atoms with Crippen molar-refractivity contribution in [2.24, 2.45) is 5.16 Å². The Balaban J connectivity index is 1.38. The molecule has 36 heavy (non-hydrogen) atoms. The van der Waals surface area contributed by atoms with Gasteiger partial charge in [-0.15, -0.1) is 11.8 Å². The minimum atomic E-state index is -1.43. The molecule has 0 bridgehead atoms. The van der Waals surface area contributed by atoms with Gasteiger partial charge in [-0.25, -0.2) is 4.98 Å². The molecular formula is C23H20N6O5S2. The number of oxime groups is 1. The predicted octanol–water partition coefficient (Wildman–Crippen LogP) is -0.379. The zero-order valence-corrected chi connectivity index (χ0v) is 20.5. The van der Waals surface area contributed by atoms with Crippen molar-refractivity contribution in [2.75, 3.05) is 18.6 Å². The highest BCUT2D eigenvalue weighted by Gasteiger charge is 2.53. The summed E-state index contributed by atoms with van der Waals surface area (Å²) in [7, 11) is 1.28.